The summed E-state index contributed by atoms with van der Waals surface area (Å²) < 4.78 is 2.36. The van der Waals surface area contributed by atoms with Gasteiger partial charge in [0.15, 0.2) is 0 Å². The molecule has 3 rings (SSSR count). The summed E-state index contributed by atoms with van der Waals surface area (Å²) in [6, 6.07) is 8.94. The van der Waals surface area contributed by atoms with Gasteiger partial charge in [-0.15, -0.1) is 0 Å². The van der Waals surface area contributed by atoms with Gasteiger partial charge in [-0.25, -0.2) is 4.98 Å². The second-order valence-corrected chi connectivity index (χ2v) is 4.92. The van der Waals surface area contributed by atoms with E-state index >= 15 is 0 Å². The summed E-state index contributed by atoms with van der Waals surface area (Å²) in [4.78, 5) is 4.70. The van der Waals surface area contributed by atoms with Crippen LogP contribution in [0.3, 0.4) is 0 Å². The molecule has 0 bridgehead atoms. The van der Waals surface area contributed by atoms with Gasteiger partial charge in [-0.3, -0.25) is 0 Å². The average molecular weight is 229 g/mol. The number of hydrogen-bond donors (Lipinski definition) is 1. The Morgan fingerprint density at radius 3 is 3.06 bits per heavy atom. The van der Waals surface area contributed by atoms with Crippen LogP contribution in [-0.4, -0.2) is 16.1 Å². The van der Waals surface area contributed by atoms with Crippen molar-refractivity contribution in [2.75, 3.05) is 11.9 Å². The van der Waals surface area contributed by atoms with Crippen LogP contribution in [0.1, 0.15) is 38.6 Å². The van der Waals surface area contributed by atoms with Crippen molar-refractivity contribution in [3.05, 3.63) is 24.3 Å². The van der Waals surface area contributed by atoms with Crippen molar-refractivity contribution in [2.24, 2.45) is 0 Å². The third-order valence-electron chi connectivity index (χ3n) is 3.62. The highest BCUT2D eigenvalue weighted by atomic mass is 15.2. The van der Waals surface area contributed by atoms with Crippen LogP contribution >= 0.6 is 0 Å². The average Bonchev–Trinajstić information content (AvgIpc) is 2.73. The van der Waals surface area contributed by atoms with Gasteiger partial charge < -0.3 is 9.88 Å². The molecular weight excluding hydrogens is 210 g/mol. The van der Waals surface area contributed by atoms with E-state index in [1.807, 2.05) is 0 Å². The summed E-state index contributed by atoms with van der Waals surface area (Å²) in [6.45, 7) is 3.33. The molecule has 0 spiro atoms. The Kier molecular flexibility index (Phi) is 2.75. The summed E-state index contributed by atoms with van der Waals surface area (Å²) in [5, 5.41) is 3.48. The van der Waals surface area contributed by atoms with E-state index in [1.165, 1.54) is 31.2 Å². The Morgan fingerprint density at radius 1 is 1.24 bits per heavy atom. The SMILES string of the molecule is CC1CCCCCNc2nc3ccccc3n21. The van der Waals surface area contributed by atoms with E-state index in [9.17, 15) is 0 Å². The second-order valence-electron chi connectivity index (χ2n) is 4.92. The van der Waals surface area contributed by atoms with Crippen molar-refractivity contribution in [1.82, 2.24) is 9.55 Å². The van der Waals surface area contributed by atoms with Crippen LogP contribution < -0.4 is 5.32 Å². The monoisotopic (exact) mass is 229 g/mol. The molecule has 2 heterocycles. The Bertz CT molecular complexity index is 515. The second kappa shape index (κ2) is 4.40. The normalized spacial score (nSPS) is 21.1. The van der Waals surface area contributed by atoms with Gasteiger partial charge in [0.1, 0.15) is 0 Å². The molecule has 0 saturated carbocycles. The van der Waals surface area contributed by atoms with E-state index < -0.39 is 0 Å². The molecule has 17 heavy (non-hydrogen) atoms. The van der Waals surface area contributed by atoms with Crippen LogP contribution in [0.15, 0.2) is 24.3 Å². The molecule has 1 aromatic carbocycles. The van der Waals surface area contributed by atoms with Crippen LogP contribution in [0, 0.1) is 0 Å². The molecule has 3 nitrogen and oxygen atoms in total. The molecule has 1 aliphatic rings. The summed E-state index contributed by atoms with van der Waals surface area (Å²) in [5.74, 6) is 1.04. The summed E-state index contributed by atoms with van der Waals surface area (Å²) in [6.07, 6.45) is 5.12. The van der Waals surface area contributed by atoms with E-state index in [1.54, 1.807) is 0 Å². The molecule has 90 valence electrons. The van der Waals surface area contributed by atoms with Crippen LogP contribution in [0.4, 0.5) is 5.95 Å². The molecule has 0 aliphatic carbocycles. The molecular formula is C14H19N3. The molecule has 1 unspecified atom stereocenters. The first-order chi connectivity index (χ1) is 8.36. The summed E-state index contributed by atoms with van der Waals surface area (Å²) in [5.41, 5.74) is 2.35. The van der Waals surface area contributed by atoms with Gasteiger partial charge in [0, 0.05) is 12.6 Å². The van der Waals surface area contributed by atoms with Crippen molar-refractivity contribution >= 4 is 17.0 Å². The number of para-hydroxylation sites is 2. The van der Waals surface area contributed by atoms with Crippen molar-refractivity contribution in [3.8, 4) is 0 Å². The van der Waals surface area contributed by atoms with Gasteiger partial charge in [-0.2, -0.15) is 0 Å². The van der Waals surface area contributed by atoms with E-state index in [2.05, 4.69) is 41.1 Å². The Balaban J connectivity index is 2.13. The highest BCUT2D eigenvalue weighted by Crippen LogP contribution is 2.28. The first-order valence-corrected chi connectivity index (χ1v) is 6.57. The van der Waals surface area contributed by atoms with E-state index in [0.717, 1.165) is 18.0 Å². The first kappa shape index (κ1) is 10.6. The fourth-order valence-electron chi connectivity index (χ4n) is 2.69. The lowest BCUT2D eigenvalue weighted by Crippen LogP contribution is -2.10. The maximum Gasteiger partial charge on any atom is 0.204 e. The molecule has 3 heteroatoms. The lowest BCUT2D eigenvalue weighted by molar-refractivity contribution is 0.498. The number of nitrogens with one attached hydrogen (secondary N) is 1. The van der Waals surface area contributed by atoms with Crippen LogP contribution in [0.5, 0.6) is 0 Å². The molecule has 0 saturated heterocycles. The topological polar surface area (TPSA) is 29.9 Å². The van der Waals surface area contributed by atoms with Gasteiger partial charge in [0.25, 0.3) is 0 Å². The predicted molar refractivity (Wildman–Crippen MR) is 71.4 cm³/mol. The largest absolute Gasteiger partial charge is 0.356 e. The van der Waals surface area contributed by atoms with Gasteiger partial charge in [0.2, 0.25) is 5.95 Å². The summed E-state index contributed by atoms with van der Waals surface area (Å²) in [7, 11) is 0. The fraction of sp³-hybridized carbons (Fsp3) is 0.500. The van der Waals surface area contributed by atoms with Crippen molar-refractivity contribution in [3.63, 3.8) is 0 Å². The molecule has 1 atom stereocenters. The van der Waals surface area contributed by atoms with Crippen molar-refractivity contribution in [1.29, 1.82) is 0 Å². The van der Waals surface area contributed by atoms with Crippen LogP contribution in [0.2, 0.25) is 0 Å². The van der Waals surface area contributed by atoms with E-state index in [0.29, 0.717) is 6.04 Å². The number of aromatic nitrogens is 2. The predicted octanol–water partition coefficient (Wildman–Crippen LogP) is 3.58. The molecule has 1 N–H and O–H groups in total. The Labute approximate surface area is 102 Å². The summed E-state index contributed by atoms with van der Waals surface area (Å²) >= 11 is 0. The number of fused-ring (bicyclic) bond motifs is 3. The number of benzene rings is 1. The maximum atomic E-state index is 4.70. The third-order valence-corrected chi connectivity index (χ3v) is 3.62. The van der Waals surface area contributed by atoms with Crippen LogP contribution in [0.25, 0.3) is 11.0 Å². The van der Waals surface area contributed by atoms with Gasteiger partial charge in [-0.1, -0.05) is 25.0 Å². The zero-order chi connectivity index (χ0) is 11.7. The first-order valence-electron chi connectivity index (χ1n) is 6.57. The smallest absolute Gasteiger partial charge is 0.204 e. The highest BCUT2D eigenvalue weighted by molar-refractivity contribution is 5.78. The van der Waals surface area contributed by atoms with Crippen molar-refractivity contribution in [2.45, 2.75) is 38.6 Å². The zero-order valence-electron chi connectivity index (χ0n) is 10.3. The Hall–Kier alpha value is -1.51. The third kappa shape index (κ3) is 1.90. The Morgan fingerprint density at radius 2 is 2.12 bits per heavy atom. The van der Waals surface area contributed by atoms with Crippen molar-refractivity contribution < 1.29 is 0 Å². The highest BCUT2D eigenvalue weighted by Gasteiger charge is 2.16. The minimum Gasteiger partial charge on any atom is -0.356 e. The minimum absolute atomic E-state index is 0.531. The van der Waals surface area contributed by atoms with Gasteiger partial charge in [-0.05, 0) is 31.9 Å². The molecule has 2 aromatic rings. The standard InChI is InChI=1S/C14H19N3/c1-11-7-3-2-6-10-15-14-16-12-8-4-5-9-13(12)17(11)14/h4-5,8-9,11H,2-3,6-7,10H2,1H3,(H,15,16). The van der Waals surface area contributed by atoms with Gasteiger partial charge in [0.05, 0.1) is 11.0 Å². The van der Waals surface area contributed by atoms with E-state index in [-0.39, 0.29) is 0 Å². The number of imidazole rings is 1. The fourth-order valence-corrected chi connectivity index (χ4v) is 2.69. The lowest BCUT2D eigenvalue weighted by Gasteiger charge is -2.16. The van der Waals surface area contributed by atoms with Gasteiger partial charge >= 0.3 is 0 Å². The van der Waals surface area contributed by atoms with Crippen LogP contribution in [-0.2, 0) is 0 Å². The number of hydrogen-bond acceptors (Lipinski definition) is 2. The zero-order valence-corrected chi connectivity index (χ0v) is 10.3. The molecule has 0 fully saturated rings. The van der Waals surface area contributed by atoms with E-state index in [4.69, 9.17) is 4.98 Å². The number of nitrogens with zero attached hydrogens (tertiary/aromatic N) is 2. The quantitative estimate of drug-likeness (QED) is 0.748. The maximum absolute atomic E-state index is 4.70. The number of rotatable bonds is 0. The molecule has 0 amide bonds. The minimum atomic E-state index is 0.531. The molecule has 0 radical (unpaired) electrons. The number of anilines is 1. The molecule has 1 aliphatic heterocycles. The molecule has 1 aromatic heterocycles. The lowest BCUT2D eigenvalue weighted by atomic mass is 10.1.